The van der Waals surface area contributed by atoms with Crippen LogP contribution in [0.25, 0.3) is 0 Å². The highest BCUT2D eigenvalue weighted by Crippen LogP contribution is 2.47. The van der Waals surface area contributed by atoms with Crippen molar-refractivity contribution in [3.05, 3.63) is 0 Å². The standard InChI is InChI=1S/C10H16F2O3/c1-7(2)15-6-9(8(13)14)3-4-10(11,12)5-9/h7H,3-6H2,1-2H3,(H,13,14). The third-order valence-electron chi connectivity index (χ3n) is 2.71. The zero-order chi connectivity index (χ0) is 11.7. The number of carboxylic acids is 1. The van der Waals surface area contributed by atoms with Gasteiger partial charge in [-0.05, 0) is 20.3 Å². The van der Waals surface area contributed by atoms with Crippen LogP contribution in [0, 0.1) is 5.41 Å². The molecule has 0 aromatic carbocycles. The summed E-state index contributed by atoms with van der Waals surface area (Å²) in [4.78, 5) is 11.0. The molecule has 0 amide bonds. The van der Waals surface area contributed by atoms with Crippen molar-refractivity contribution in [1.29, 1.82) is 0 Å². The number of ether oxygens (including phenoxy) is 1. The van der Waals surface area contributed by atoms with Gasteiger partial charge < -0.3 is 9.84 Å². The van der Waals surface area contributed by atoms with E-state index < -0.39 is 23.7 Å². The van der Waals surface area contributed by atoms with Gasteiger partial charge in [-0.25, -0.2) is 8.78 Å². The van der Waals surface area contributed by atoms with Crippen LogP contribution in [-0.4, -0.2) is 29.7 Å². The summed E-state index contributed by atoms with van der Waals surface area (Å²) < 4.78 is 31.2. The van der Waals surface area contributed by atoms with Gasteiger partial charge in [-0.2, -0.15) is 0 Å². The smallest absolute Gasteiger partial charge is 0.312 e. The van der Waals surface area contributed by atoms with Gasteiger partial charge in [0.25, 0.3) is 0 Å². The van der Waals surface area contributed by atoms with E-state index in [-0.39, 0.29) is 25.6 Å². The van der Waals surface area contributed by atoms with Crippen molar-refractivity contribution in [1.82, 2.24) is 0 Å². The molecule has 0 heterocycles. The first-order chi connectivity index (χ1) is 6.77. The largest absolute Gasteiger partial charge is 0.481 e. The van der Waals surface area contributed by atoms with E-state index in [4.69, 9.17) is 9.84 Å². The Labute approximate surface area is 87.4 Å². The van der Waals surface area contributed by atoms with Crippen molar-refractivity contribution in [2.75, 3.05) is 6.61 Å². The SMILES string of the molecule is CC(C)OCC1(C(=O)O)CCC(F)(F)C1. The van der Waals surface area contributed by atoms with Crippen molar-refractivity contribution >= 4 is 5.97 Å². The topological polar surface area (TPSA) is 46.5 Å². The quantitative estimate of drug-likeness (QED) is 0.793. The molecule has 5 heteroatoms. The first kappa shape index (κ1) is 12.4. The van der Waals surface area contributed by atoms with Gasteiger partial charge >= 0.3 is 5.97 Å². The summed E-state index contributed by atoms with van der Waals surface area (Å²) >= 11 is 0. The Morgan fingerprint density at radius 1 is 1.47 bits per heavy atom. The van der Waals surface area contributed by atoms with Crippen molar-refractivity contribution in [3.8, 4) is 0 Å². The van der Waals surface area contributed by atoms with E-state index in [1.807, 2.05) is 0 Å². The van der Waals surface area contributed by atoms with Crippen LogP contribution >= 0.6 is 0 Å². The van der Waals surface area contributed by atoms with E-state index in [1.54, 1.807) is 13.8 Å². The molecule has 0 aromatic heterocycles. The fourth-order valence-electron chi connectivity index (χ4n) is 1.79. The highest BCUT2D eigenvalue weighted by Gasteiger charge is 2.54. The van der Waals surface area contributed by atoms with Gasteiger partial charge in [0.2, 0.25) is 5.92 Å². The summed E-state index contributed by atoms with van der Waals surface area (Å²) in [5.74, 6) is -4.04. The summed E-state index contributed by atoms with van der Waals surface area (Å²) in [7, 11) is 0. The van der Waals surface area contributed by atoms with E-state index in [9.17, 15) is 13.6 Å². The molecule has 1 fully saturated rings. The van der Waals surface area contributed by atoms with E-state index in [0.717, 1.165) is 0 Å². The number of hydrogen-bond donors (Lipinski definition) is 1. The highest BCUT2D eigenvalue weighted by atomic mass is 19.3. The molecule has 1 unspecified atom stereocenters. The maximum atomic E-state index is 13.0. The predicted octanol–water partition coefficient (Wildman–Crippen LogP) is 2.30. The molecule has 0 spiro atoms. The number of carboxylic acid groups (broad SMARTS) is 1. The zero-order valence-corrected chi connectivity index (χ0v) is 8.93. The Hall–Kier alpha value is -0.710. The lowest BCUT2D eigenvalue weighted by Gasteiger charge is -2.24. The number of aliphatic carboxylic acids is 1. The predicted molar refractivity (Wildman–Crippen MR) is 50.0 cm³/mol. The van der Waals surface area contributed by atoms with E-state index >= 15 is 0 Å². The maximum Gasteiger partial charge on any atom is 0.312 e. The lowest BCUT2D eigenvalue weighted by molar-refractivity contribution is -0.156. The zero-order valence-electron chi connectivity index (χ0n) is 8.93. The van der Waals surface area contributed by atoms with Gasteiger partial charge in [0.1, 0.15) is 0 Å². The first-order valence-electron chi connectivity index (χ1n) is 5.00. The lowest BCUT2D eigenvalue weighted by atomic mass is 9.87. The highest BCUT2D eigenvalue weighted by molar-refractivity contribution is 5.75. The second-order valence-electron chi connectivity index (χ2n) is 4.48. The number of carbonyl (C=O) groups is 1. The maximum absolute atomic E-state index is 13.0. The van der Waals surface area contributed by atoms with Crippen molar-refractivity contribution in [2.24, 2.45) is 5.41 Å². The Kier molecular flexibility index (Phi) is 3.33. The molecule has 1 aliphatic carbocycles. The normalized spacial score (nSPS) is 29.7. The second-order valence-corrected chi connectivity index (χ2v) is 4.48. The van der Waals surface area contributed by atoms with Crippen LogP contribution in [0.15, 0.2) is 0 Å². The fourth-order valence-corrected chi connectivity index (χ4v) is 1.79. The van der Waals surface area contributed by atoms with Gasteiger partial charge in [-0.1, -0.05) is 0 Å². The first-order valence-corrected chi connectivity index (χ1v) is 5.00. The molecular weight excluding hydrogens is 206 g/mol. The van der Waals surface area contributed by atoms with Crippen LogP contribution in [0.2, 0.25) is 0 Å². The van der Waals surface area contributed by atoms with Gasteiger partial charge in [-0.3, -0.25) is 4.79 Å². The summed E-state index contributed by atoms with van der Waals surface area (Å²) in [5.41, 5.74) is -1.40. The molecule has 0 saturated heterocycles. The van der Waals surface area contributed by atoms with Crippen LogP contribution < -0.4 is 0 Å². The number of rotatable bonds is 4. The molecule has 1 atom stereocenters. The van der Waals surface area contributed by atoms with Crippen molar-refractivity contribution in [2.45, 2.75) is 45.1 Å². The molecule has 1 N–H and O–H groups in total. The van der Waals surface area contributed by atoms with Crippen molar-refractivity contribution in [3.63, 3.8) is 0 Å². The van der Waals surface area contributed by atoms with Gasteiger partial charge in [0.15, 0.2) is 0 Å². The molecule has 1 saturated carbocycles. The van der Waals surface area contributed by atoms with E-state index in [2.05, 4.69) is 0 Å². The van der Waals surface area contributed by atoms with Crippen LogP contribution in [-0.2, 0) is 9.53 Å². The molecule has 0 aliphatic heterocycles. The minimum absolute atomic E-state index is 0.0119. The average molecular weight is 222 g/mol. The molecule has 0 bridgehead atoms. The Balaban J connectivity index is 2.69. The molecular formula is C10H16F2O3. The number of alkyl halides is 2. The average Bonchev–Trinajstić information content (AvgIpc) is 2.40. The Morgan fingerprint density at radius 3 is 2.40 bits per heavy atom. The van der Waals surface area contributed by atoms with E-state index in [0.29, 0.717) is 0 Å². The fraction of sp³-hybridized carbons (Fsp3) is 0.900. The lowest BCUT2D eigenvalue weighted by Crippen LogP contribution is -2.35. The summed E-state index contributed by atoms with van der Waals surface area (Å²) in [6.07, 6.45) is -1.12. The minimum atomic E-state index is -2.86. The Bertz CT molecular complexity index is 253. The minimum Gasteiger partial charge on any atom is -0.481 e. The van der Waals surface area contributed by atoms with Crippen LogP contribution in [0.3, 0.4) is 0 Å². The van der Waals surface area contributed by atoms with Gasteiger partial charge in [-0.15, -0.1) is 0 Å². The summed E-state index contributed by atoms with van der Waals surface area (Å²) in [5, 5.41) is 9.00. The molecule has 1 aliphatic rings. The molecule has 1 rings (SSSR count). The van der Waals surface area contributed by atoms with E-state index in [1.165, 1.54) is 0 Å². The van der Waals surface area contributed by atoms with Crippen LogP contribution in [0.1, 0.15) is 33.1 Å². The molecule has 3 nitrogen and oxygen atoms in total. The Morgan fingerprint density at radius 2 is 2.07 bits per heavy atom. The number of halogens is 2. The molecule has 0 aromatic rings. The summed E-state index contributed by atoms with van der Waals surface area (Å²) in [6, 6.07) is 0. The van der Waals surface area contributed by atoms with Crippen LogP contribution in [0.4, 0.5) is 8.78 Å². The van der Waals surface area contributed by atoms with Crippen molar-refractivity contribution < 1.29 is 23.4 Å². The second kappa shape index (κ2) is 4.04. The monoisotopic (exact) mass is 222 g/mol. The molecule has 88 valence electrons. The molecule has 15 heavy (non-hydrogen) atoms. The summed E-state index contributed by atoms with van der Waals surface area (Å²) in [6.45, 7) is 3.38. The van der Waals surface area contributed by atoms with Gasteiger partial charge in [0.05, 0.1) is 18.1 Å². The van der Waals surface area contributed by atoms with Crippen LogP contribution in [0.5, 0.6) is 0 Å². The third kappa shape index (κ3) is 2.87. The number of hydrogen-bond acceptors (Lipinski definition) is 2. The third-order valence-corrected chi connectivity index (χ3v) is 2.71. The van der Waals surface area contributed by atoms with Gasteiger partial charge in [0, 0.05) is 12.8 Å². The molecule has 0 radical (unpaired) electrons.